The summed E-state index contributed by atoms with van der Waals surface area (Å²) in [6.07, 6.45) is 7.16. The third kappa shape index (κ3) is 18.3. The van der Waals surface area contributed by atoms with Gasteiger partial charge in [0.1, 0.15) is 0 Å². The van der Waals surface area contributed by atoms with Crippen LogP contribution in [0, 0.1) is 0 Å². The van der Waals surface area contributed by atoms with Crippen molar-refractivity contribution in [3.8, 4) is 0 Å². The van der Waals surface area contributed by atoms with Gasteiger partial charge in [-0.3, -0.25) is 0 Å². The van der Waals surface area contributed by atoms with Crippen molar-refractivity contribution in [1.82, 2.24) is 0 Å². The first-order valence-electron chi connectivity index (χ1n) is 3.60. The van der Waals surface area contributed by atoms with Crippen LogP contribution in [0.1, 0.15) is 32.6 Å². The lowest BCUT2D eigenvalue weighted by Gasteiger charge is -1.87. The van der Waals surface area contributed by atoms with E-state index in [1.54, 1.807) is 0 Å². The van der Waals surface area contributed by atoms with E-state index in [2.05, 4.69) is 19.2 Å². The minimum atomic E-state index is 1.19. The number of allylic oxidation sites excluding steroid dienone is 1. The molecule has 0 radical (unpaired) electrons. The van der Waals surface area contributed by atoms with Crippen molar-refractivity contribution in [2.75, 3.05) is 7.05 Å². The summed E-state index contributed by atoms with van der Waals surface area (Å²) in [5.74, 6) is 0. The Balaban J connectivity index is 0. The van der Waals surface area contributed by atoms with Crippen LogP contribution >= 0.6 is 0 Å². The maximum atomic E-state index is 4.50. The third-order valence-corrected chi connectivity index (χ3v) is 1.01. The molecule has 0 saturated carbocycles. The number of unbranched alkanes of at least 4 members (excludes halogenated alkanes) is 3. The molecule has 0 bridgehead atoms. The average Bonchev–Trinajstić information content (AvgIpc) is 1.94. The summed E-state index contributed by atoms with van der Waals surface area (Å²) in [4.78, 5) is 0. The van der Waals surface area contributed by atoms with E-state index in [1.165, 1.54) is 32.7 Å². The molecule has 9 heavy (non-hydrogen) atoms. The van der Waals surface area contributed by atoms with Gasteiger partial charge in [0, 0.05) is 0 Å². The van der Waals surface area contributed by atoms with Gasteiger partial charge in [0.05, 0.1) is 0 Å². The second kappa shape index (κ2) is 15.6. The molecular formula is C8H19N. The Hall–Kier alpha value is -0.300. The van der Waals surface area contributed by atoms with E-state index in [1.807, 2.05) is 6.08 Å². The highest BCUT2D eigenvalue weighted by Crippen LogP contribution is 1.97. The van der Waals surface area contributed by atoms with Crippen LogP contribution in [0.15, 0.2) is 12.7 Å². The Morgan fingerprint density at radius 1 is 1.33 bits per heavy atom. The SMILES string of the molecule is C=CCCCCC.CN. The van der Waals surface area contributed by atoms with Gasteiger partial charge in [0.25, 0.3) is 0 Å². The van der Waals surface area contributed by atoms with Gasteiger partial charge < -0.3 is 5.73 Å². The molecule has 1 nitrogen and oxygen atoms in total. The highest BCUT2D eigenvalue weighted by molar-refractivity contribution is 4.64. The zero-order valence-electron chi connectivity index (χ0n) is 6.69. The predicted octanol–water partition coefficient (Wildman–Crippen LogP) is 2.33. The molecule has 0 aliphatic rings. The van der Waals surface area contributed by atoms with Crippen LogP contribution in [0.5, 0.6) is 0 Å². The highest BCUT2D eigenvalue weighted by Gasteiger charge is 1.77. The molecule has 0 fully saturated rings. The summed E-state index contributed by atoms with van der Waals surface area (Å²) in [5, 5.41) is 0. The van der Waals surface area contributed by atoms with Crippen LogP contribution in [0.2, 0.25) is 0 Å². The highest BCUT2D eigenvalue weighted by atomic mass is 14.4. The summed E-state index contributed by atoms with van der Waals surface area (Å²) in [5.41, 5.74) is 4.50. The Morgan fingerprint density at radius 3 is 2.22 bits per heavy atom. The predicted molar refractivity (Wildman–Crippen MR) is 44.5 cm³/mol. The smallest absolute Gasteiger partial charge is 0.0195 e. The Bertz CT molecular complexity index is 41.8. The van der Waals surface area contributed by atoms with Crippen molar-refractivity contribution in [3.05, 3.63) is 12.7 Å². The molecule has 1 heteroatoms. The van der Waals surface area contributed by atoms with Crippen LogP contribution in [-0.4, -0.2) is 7.05 Å². The Kier molecular flexibility index (Phi) is 20.0. The third-order valence-electron chi connectivity index (χ3n) is 1.01. The Morgan fingerprint density at radius 2 is 1.89 bits per heavy atom. The lowest BCUT2D eigenvalue weighted by atomic mass is 10.2. The van der Waals surface area contributed by atoms with E-state index in [0.29, 0.717) is 0 Å². The van der Waals surface area contributed by atoms with Gasteiger partial charge in [-0.1, -0.05) is 25.8 Å². The van der Waals surface area contributed by atoms with Crippen LogP contribution in [0.4, 0.5) is 0 Å². The summed E-state index contributed by atoms with van der Waals surface area (Å²) < 4.78 is 0. The maximum absolute atomic E-state index is 4.50. The zero-order chi connectivity index (χ0) is 7.54. The van der Waals surface area contributed by atoms with Crippen LogP contribution < -0.4 is 5.73 Å². The van der Waals surface area contributed by atoms with Crippen molar-refractivity contribution in [1.29, 1.82) is 0 Å². The summed E-state index contributed by atoms with van der Waals surface area (Å²) >= 11 is 0. The quantitative estimate of drug-likeness (QED) is 0.457. The molecule has 0 aromatic carbocycles. The standard InChI is InChI=1S/C7H14.CH5N/c1-3-5-7-6-4-2;1-2/h3H,1,4-7H2,2H3;2H2,1H3. The van der Waals surface area contributed by atoms with E-state index < -0.39 is 0 Å². The minimum Gasteiger partial charge on any atom is -0.333 e. The number of hydrogen-bond acceptors (Lipinski definition) is 1. The van der Waals surface area contributed by atoms with Crippen molar-refractivity contribution in [2.45, 2.75) is 32.6 Å². The average molecular weight is 129 g/mol. The topological polar surface area (TPSA) is 26.0 Å². The van der Waals surface area contributed by atoms with Crippen molar-refractivity contribution in [3.63, 3.8) is 0 Å². The van der Waals surface area contributed by atoms with E-state index in [-0.39, 0.29) is 0 Å². The van der Waals surface area contributed by atoms with Gasteiger partial charge >= 0.3 is 0 Å². The first-order chi connectivity index (χ1) is 4.41. The lowest BCUT2D eigenvalue weighted by Crippen LogP contribution is -1.69. The largest absolute Gasteiger partial charge is 0.333 e. The van der Waals surface area contributed by atoms with Gasteiger partial charge in [-0.15, -0.1) is 6.58 Å². The van der Waals surface area contributed by atoms with E-state index in [0.717, 1.165) is 0 Å². The molecule has 0 aliphatic carbocycles. The minimum absolute atomic E-state index is 1.19. The molecule has 0 aliphatic heterocycles. The second-order valence-electron chi connectivity index (χ2n) is 1.78. The maximum Gasteiger partial charge on any atom is -0.0195 e. The van der Waals surface area contributed by atoms with E-state index >= 15 is 0 Å². The molecule has 0 saturated heterocycles. The number of rotatable bonds is 4. The molecule has 0 spiro atoms. The normalized spacial score (nSPS) is 7.44. The van der Waals surface area contributed by atoms with Crippen molar-refractivity contribution in [2.24, 2.45) is 5.73 Å². The molecule has 0 aromatic heterocycles. The first-order valence-corrected chi connectivity index (χ1v) is 3.60. The molecule has 0 aromatic rings. The van der Waals surface area contributed by atoms with Crippen LogP contribution in [-0.2, 0) is 0 Å². The molecule has 0 amide bonds. The second-order valence-corrected chi connectivity index (χ2v) is 1.78. The van der Waals surface area contributed by atoms with E-state index in [4.69, 9.17) is 0 Å². The molecule has 0 unspecified atom stereocenters. The fourth-order valence-corrected chi connectivity index (χ4v) is 0.539. The van der Waals surface area contributed by atoms with Gasteiger partial charge in [0.2, 0.25) is 0 Å². The first kappa shape index (κ1) is 11.5. The molecule has 56 valence electrons. The molecule has 0 rings (SSSR count). The van der Waals surface area contributed by atoms with Gasteiger partial charge in [0.15, 0.2) is 0 Å². The number of nitrogens with two attached hydrogens (primary N) is 1. The summed E-state index contributed by atoms with van der Waals surface area (Å²) in [6.45, 7) is 5.84. The van der Waals surface area contributed by atoms with Gasteiger partial charge in [-0.2, -0.15) is 0 Å². The van der Waals surface area contributed by atoms with Crippen molar-refractivity contribution >= 4 is 0 Å². The van der Waals surface area contributed by atoms with E-state index in [9.17, 15) is 0 Å². The van der Waals surface area contributed by atoms with Crippen molar-refractivity contribution < 1.29 is 0 Å². The van der Waals surface area contributed by atoms with Gasteiger partial charge in [-0.25, -0.2) is 0 Å². The van der Waals surface area contributed by atoms with Crippen LogP contribution in [0.25, 0.3) is 0 Å². The molecule has 0 heterocycles. The summed E-state index contributed by atoms with van der Waals surface area (Å²) in [7, 11) is 1.50. The molecule has 0 atom stereocenters. The fraction of sp³-hybridized carbons (Fsp3) is 0.750. The summed E-state index contributed by atoms with van der Waals surface area (Å²) in [6, 6.07) is 0. The molecule has 2 N–H and O–H groups in total. The van der Waals surface area contributed by atoms with Gasteiger partial charge in [-0.05, 0) is 19.9 Å². The zero-order valence-corrected chi connectivity index (χ0v) is 6.69. The number of hydrogen-bond donors (Lipinski definition) is 1. The monoisotopic (exact) mass is 129 g/mol. The molecular weight excluding hydrogens is 110 g/mol. The lowest BCUT2D eigenvalue weighted by molar-refractivity contribution is 0.730. The Labute approximate surface area is 58.9 Å². The van der Waals surface area contributed by atoms with Crippen LogP contribution in [0.3, 0.4) is 0 Å². The fourth-order valence-electron chi connectivity index (χ4n) is 0.539.